The Morgan fingerprint density at radius 1 is 0.815 bits per heavy atom. The zero-order valence-electron chi connectivity index (χ0n) is 14.4. The highest BCUT2D eigenvalue weighted by Crippen LogP contribution is 2.25. The van der Waals surface area contributed by atoms with Crippen LogP contribution >= 0.6 is 11.6 Å². The average molecular weight is 417 g/mol. The molecule has 0 spiro atoms. The van der Waals surface area contributed by atoms with Gasteiger partial charge in [-0.3, -0.25) is 0 Å². The largest absolute Gasteiger partial charge is 0.491 e. The van der Waals surface area contributed by atoms with Gasteiger partial charge in [0.1, 0.15) is 36.9 Å². The molecule has 0 amide bonds. The zero-order valence-corrected chi connectivity index (χ0v) is 15.9. The highest BCUT2D eigenvalue weighted by molar-refractivity contribution is 7.91. The summed E-state index contributed by atoms with van der Waals surface area (Å²) in [6, 6.07) is 11.6. The summed E-state index contributed by atoms with van der Waals surface area (Å²) in [6.07, 6.45) is -1.80. The van der Waals surface area contributed by atoms with Crippen LogP contribution in [0.15, 0.2) is 58.3 Å². The number of rotatable bonds is 10. The van der Waals surface area contributed by atoms with Crippen LogP contribution in [-0.2, 0) is 9.84 Å². The molecule has 9 heteroatoms. The maximum Gasteiger partial charge on any atom is 0.206 e. The second-order valence-corrected chi connectivity index (χ2v) is 7.97. The van der Waals surface area contributed by atoms with Crippen LogP contribution in [0.1, 0.15) is 0 Å². The van der Waals surface area contributed by atoms with Crippen molar-refractivity contribution in [2.45, 2.75) is 22.0 Å². The van der Waals surface area contributed by atoms with Crippen molar-refractivity contribution in [3.63, 3.8) is 0 Å². The van der Waals surface area contributed by atoms with E-state index in [1.165, 1.54) is 48.5 Å². The lowest BCUT2D eigenvalue weighted by Crippen LogP contribution is -2.21. The molecular weight excluding hydrogens is 396 g/mol. The van der Waals surface area contributed by atoms with Gasteiger partial charge in [0.25, 0.3) is 0 Å². The van der Waals surface area contributed by atoms with E-state index >= 15 is 0 Å². The van der Waals surface area contributed by atoms with Crippen molar-refractivity contribution in [3.8, 4) is 11.5 Å². The third-order valence-electron chi connectivity index (χ3n) is 3.54. The molecule has 0 saturated heterocycles. The molecule has 2 aromatic rings. The summed E-state index contributed by atoms with van der Waals surface area (Å²) < 4.78 is 35.9. The van der Waals surface area contributed by atoms with Crippen molar-refractivity contribution < 1.29 is 33.2 Å². The number of benzene rings is 2. The number of ether oxygens (including phenoxy) is 2. The van der Waals surface area contributed by atoms with Gasteiger partial charge in [-0.25, -0.2) is 8.42 Å². The van der Waals surface area contributed by atoms with E-state index < -0.39 is 28.7 Å². The van der Waals surface area contributed by atoms with Crippen molar-refractivity contribution in [3.05, 3.63) is 48.5 Å². The monoisotopic (exact) mass is 416 g/mol. The molecule has 0 aliphatic rings. The zero-order chi connectivity index (χ0) is 19.9. The minimum absolute atomic E-state index is 0.0159. The normalized spacial score (nSPS) is 13.8. The summed E-state index contributed by atoms with van der Waals surface area (Å²) in [5, 5.41) is 27.4. The fraction of sp³-hybridized carbons (Fsp3) is 0.333. The Morgan fingerprint density at radius 2 is 1.22 bits per heavy atom. The molecule has 0 saturated carbocycles. The van der Waals surface area contributed by atoms with Crippen LogP contribution in [0.5, 0.6) is 11.5 Å². The smallest absolute Gasteiger partial charge is 0.206 e. The molecule has 0 aromatic heterocycles. The van der Waals surface area contributed by atoms with Gasteiger partial charge in [0.05, 0.1) is 22.3 Å². The third kappa shape index (κ3) is 6.08. The van der Waals surface area contributed by atoms with Crippen LogP contribution in [0.3, 0.4) is 0 Å². The molecule has 0 unspecified atom stereocenters. The lowest BCUT2D eigenvalue weighted by Gasteiger charge is -2.11. The molecule has 7 nitrogen and oxygen atoms in total. The highest BCUT2D eigenvalue weighted by atomic mass is 35.5. The predicted molar refractivity (Wildman–Crippen MR) is 99.1 cm³/mol. The fourth-order valence-electron chi connectivity index (χ4n) is 2.05. The Hall–Kier alpha value is -1.84. The minimum atomic E-state index is -3.72. The molecule has 27 heavy (non-hydrogen) atoms. The van der Waals surface area contributed by atoms with E-state index in [1.54, 1.807) is 0 Å². The second kappa shape index (κ2) is 9.91. The summed E-state index contributed by atoms with van der Waals surface area (Å²) in [7, 11) is -3.72. The van der Waals surface area contributed by atoms with E-state index in [0.717, 1.165) is 0 Å². The topological polar surface area (TPSA) is 113 Å². The van der Waals surface area contributed by atoms with Gasteiger partial charge in [-0.1, -0.05) is 0 Å². The molecule has 0 aliphatic heterocycles. The van der Waals surface area contributed by atoms with E-state index in [0.29, 0.717) is 11.5 Å². The van der Waals surface area contributed by atoms with Gasteiger partial charge in [0.2, 0.25) is 9.84 Å². The molecule has 148 valence electrons. The molecule has 0 radical (unpaired) electrons. The number of hydrogen-bond acceptors (Lipinski definition) is 7. The first kappa shape index (κ1) is 21.5. The predicted octanol–water partition coefficient (Wildman–Crippen LogP) is 1.23. The molecule has 0 fully saturated rings. The summed E-state index contributed by atoms with van der Waals surface area (Å²) in [5.41, 5.74) is 0. The molecule has 2 aromatic carbocycles. The third-order valence-corrected chi connectivity index (χ3v) is 5.68. The molecule has 2 atom stereocenters. The van der Waals surface area contributed by atoms with Gasteiger partial charge in [-0.15, -0.1) is 11.6 Å². The van der Waals surface area contributed by atoms with Crippen LogP contribution in [-0.4, -0.2) is 61.6 Å². The van der Waals surface area contributed by atoms with Crippen LogP contribution in [0, 0.1) is 0 Å². The van der Waals surface area contributed by atoms with Crippen molar-refractivity contribution in [2.24, 2.45) is 0 Å². The highest BCUT2D eigenvalue weighted by Gasteiger charge is 2.18. The molecular formula is C18H21ClO7S. The first-order chi connectivity index (χ1) is 12.9. The van der Waals surface area contributed by atoms with Gasteiger partial charge >= 0.3 is 0 Å². The van der Waals surface area contributed by atoms with E-state index in [-0.39, 0.29) is 28.9 Å². The van der Waals surface area contributed by atoms with E-state index in [2.05, 4.69) is 0 Å². The van der Waals surface area contributed by atoms with Gasteiger partial charge in [-0.2, -0.15) is 0 Å². The maximum atomic E-state index is 12.7. The van der Waals surface area contributed by atoms with E-state index in [4.69, 9.17) is 26.2 Å². The Morgan fingerprint density at radius 3 is 1.59 bits per heavy atom. The number of sulfone groups is 1. The number of aliphatic hydroxyl groups excluding tert-OH is 3. The molecule has 0 heterocycles. The molecule has 2 rings (SSSR count). The van der Waals surface area contributed by atoms with E-state index in [9.17, 15) is 18.6 Å². The first-order valence-corrected chi connectivity index (χ1v) is 10.1. The Bertz CT molecular complexity index is 743. The molecule has 0 bridgehead atoms. The van der Waals surface area contributed by atoms with Gasteiger partial charge in [0.15, 0.2) is 0 Å². The minimum Gasteiger partial charge on any atom is -0.491 e. The standard InChI is InChI=1S/C18H21ClO7S/c19-9-13(21)11-25-15-1-5-17(6-2-15)27(23,24)18-7-3-16(4-8-18)26-12-14(22)10-20/h1-8,13-14,20-22H,9-12H2/t13-,14-/m1/s1. The van der Waals surface area contributed by atoms with Crippen LogP contribution in [0.4, 0.5) is 0 Å². The quantitative estimate of drug-likeness (QED) is 0.499. The van der Waals surface area contributed by atoms with Gasteiger partial charge in [0, 0.05) is 0 Å². The first-order valence-electron chi connectivity index (χ1n) is 8.10. The Kier molecular flexibility index (Phi) is 7.88. The summed E-state index contributed by atoms with van der Waals surface area (Å²) >= 11 is 5.48. The number of halogens is 1. The van der Waals surface area contributed by atoms with Crippen molar-refractivity contribution in [1.29, 1.82) is 0 Å². The van der Waals surface area contributed by atoms with Crippen molar-refractivity contribution >= 4 is 21.4 Å². The summed E-state index contributed by atoms with van der Waals surface area (Å²) in [4.78, 5) is 0.181. The summed E-state index contributed by atoms with van der Waals surface area (Å²) in [6.45, 7) is -0.498. The van der Waals surface area contributed by atoms with Gasteiger partial charge < -0.3 is 24.8 Å². The Balaban J connectivity index is 2.06. The van der Waals surface area contributed by atoms with Crippen LogP contribution in [0.25, 0.3) is 0 Å². The SMILES string of the molecule is O=S(=O)(c1ccc(OC[C@H](O)CO)cc1)c1ccc(OC[C@H](O)CCl)cc1. The van der Waals surface area contributed by atoms with Crippen LogP contribution in [0.2, 0.25) is 0 Å². The lowest BCUT2D eigenvalue weighted by molar-refractivity contribution is 0.0536. The fourth-order valence-corrected chi connectivity index (χ4v) is 3.40. The maximum absolute atomic E-state index is 12.7. The lowest BCUT2D eigenvalue weighted by atomic mass is 10.3. The molecule has 0 aliphatic carbocycles. The second-order valence-electron chi connectivity index (χ2n) is 5.71. The average Bonchev–Trinajstić information content (AvgIpc) is 2.70. The van der Waals surface area contributed by atoms with Crippen LogP contribution < -0.4 is 9.47 Å². The van der Waals surface area contributed by atoms with E-state index in [1.807, 2.05) is 0 Å². The number of hydrogen-bond donors (Lipinski definition) is 3. The van der Waals surface area contributed by atoms with Gasteiger partial charge in [-0.05, 0) is 48.5 Å². The number of alkyl halides is 1. The summed E-state index contributed by atoms with van der Waals surface area (Å²) in [5.74, 6) is 0.845. The number of aliphatic hydroxyl groups is 3. The van der Waals surface area contributed by atoms with Crippen molar-refractivity contribution in [2.75, 3.05) is 25.7 Å². The van der Waals surface area contributed by atoms with Crippen molar-refractivity contribution in [1.82, 2.24) is 0 Å². The molecule has 3 N–H and O–H groups in total. The Labute approximate surface area is 162 Å².